The van der Waals surface area contributed by atoms with Crippen LogP contribution in [0.4, 0.5) is 17.1 Å². The van der Waals surface area contributed by atoms with Crippen molar-refractivity contribution in [2.45, 2.75) is 0 Å². The Morgan fingerprint density at radius 3 is 1.90 bits per heavy atom. The predicted molar refractivity (Wildman–Crippen MR) is 204 cm³/mol. The number of benzene rings is 8. The fourth-order valence-electron chi connectivity index (χ4n) is 6.85. The lowest BCUT2D eigenvalue weighted by molar-refractivity contribution is 1.20. The molecule has 8 aromatic carbocycles. The van der Waals surface area contributed by atoms with E-state index in [0.717, 1.165) is 60.8 Å². The van der Waals surface area contributed by atoms with Gasteiger partial charge in [0.25, 0.3) is 0 Å². The molecule has 9 aromatic rings. The molecule has 2 heteroatoms. The normalized spacial score (nSPS) is 12.5. The van der Waals surface area contributed by atoms with Crippen LogP contribution in [0.25, 0.3) is 60.5 Å². The van der Waals surface area contributed by atoms with Gasteiger partial charge in [0, 0.05) is 33.1 Å². The van der Waals surface area contributed by atoms with Crippen LogP contribution < -0.4 is 4.90 Å². The van der Waals surface area contributed by atoms with E-state index in [1.54, 1.807) is 0 Å². The standard InChI is InChI=1S/C46H32N2/c1-3-14-34(15-4-1)39-21-9-11-23-43(39)47(37-18-5-2-6-19-37)38-29-26-33(27-30-38)36-28-31-46-42(32-36)41-22-10-12-24-45(41)48(46)44-25-13-17-35-16-7-8-20-40(35)44/h1-32H/i26D,27D,29D,30D. The van der Waals surface area contributed by atoms with Gasteiger partial charge in [-0.25, -0.2) is 0 Å². The monoisotopic (exact) mass is 616 g/mol. The first kappa shape index (κ1) is 23.9. The van der Waals surface area contributed by atoms with Gasteiger partial charge in [-0.2, -0.15) is 0 Å². The Hall–Kier alpha value is -6.38. The second-order valence-electron chi connectivity index (χ2n) is 11.9. The molecule has 48 heavy (non-hydrogen) atoms. The summed E-state index contributed by atoms with van der Waals surface area (Å²) in [5.74, 6) is 0. The summed E-state index contributed by atoms with van der Waals surface area (Å²) in [5.41, 5.74) is 7.63. The summed E-state index contributed by atoms with van der Waals surface area (Å²) in [6.07, 6.45) is 0. The number of hydrogen-bond acceptors (Lipinski definition) is 1. The highest BCUT2D eigenvalue weighted by atomic mass is 15.1. The van der Waals surface area contributed by atoms with Crippen LogP contribution in [-0.2, 0) is 0 Å². The molecular formula is C46H32N2. The molecule has 0 saturated heterocycles. The van der Waals surface area contributed by atoms with Crippen molar-refractivity contribution >= 4 is 49.6 Å². The summed E-state index contributed by atoms with van der Waals surface area (Å²) in [5, 5.41) is 4.32. The molecule has 1 aromatic heterocycles. The van der Waals surface area contributed by atoms with Gasteiger partial charge in [0.15, 0.2) is 0 Å². The van der Waals surface area contributed by atoms with Crippen LogP contribution in [0.2, 0.25) is 0 Å². The van der Waals surface area contributed by atoms with Gasteiger partial charge in [-0.3, -0.25) is 0 Å². The van der Waals surface area contributed by atoms with E-state index in [4.69, 9.17) is 0 Å². The van der Waals surface area contributed by atoms with Crippen molar-refractivity contribution in [3.8, 4) is 27.9 Å². The van der Waals surface area contributed by atoms with Gasteiger partial charge < -0.3 is 9.47 Å². The minimum Gasteiger partial charge on any atom is -0.310 e. The van der Waals surface area contributed by atoms with E-state index in [9.17, 15) is 5.48 Å². The summed E-state index contributed by atoms with van der Waals surface area (Å²) in [6, 6.07) is 56.1. The Kier molecular flexibility index (Phi) is 5.85. The number of para-hydroxylation sites is 3. The molecule has 0 bridgehead atoms. The Morgan fingerprint density at radius 2 is 1.06 bits per heavy atom. The van der Waals surface area contributed by atoms with Gasteiger partial charge in [-0.05, 0) is 76.6 Å². The van der Waals surface area contributed by atoms with Gasteiger partial charge in [-0.15, -0.1) is 0 Å². The second kappa shape index (κ2) is 11.8. The van der Waals surface area contributed by atoms with Crippen molar-refractivity contribution in [1.29, 1.82) is 0 Å². The summed E-state index contributed by atoms with van der Waals surface area (Å²) < 4.78 is 40.1. The molecule has 0 amide bonds. The lowest BCUT2D eigenvalue weighted by Gasteiger charge is -2.28. The quantitative estimate of drug-likeness (QED) is 0.180. The lowest BCUT2D eigenvalue weighted by atomic mass is 10.0. The van der Waals surface area contributed by atoms with Crippen molar-refractivity contribution in [3.05, 3.63) is 194 Å². The van der Waals surface area contributed by atoms with E-state index in [-0.39, 0.29) is 35.4 Å². The smallest absolute Gasteiger partial charge is 0.0645 e. The van der Waals surface area contributed by atoms with E-state index in [1.165, 1.54) is 0 Å². The minimum absolute atomic E-state index is 0.0914. The third-order valence-corrected chi connectivity index (χ3v) is 9.05. The summed E-state index contributed by atoms with van der Waals surface area (Å²) in [4.78, 5) is 1.86. The number of aromatic nitrogens is 1. The van der Waals surface area contributed by atoms with Crippen LogP contribution in [0.3, 0.4) is 0 Å². The highest BCUT2D eigenvalue weighted by molar-refractivity contribution is 6.11. The first-order chi connectivity index (χ1) is 25.5. The summed E-state index contributed by atoms with van der Waals surface area (Å²) in [7, 11) is 0. The molecule has 0 N–H and O–H groups in total. The number of fused-ring (bicyclic) bond motifs is 4. The molecule has 0 fully saturated rings. The molecule has 0 radical (unpaired) electrons. The van der Waals surface area contributed by atoms with Crippen molar-refractivity contribution in [2.75, 3.05) is 4.90 Å². The van der Waals surface area contributed by atoms with E-state index in [1.807, 2.05) is 120 Å². The van der Waals surface area contributed by atoms with E-state index < -0.39 is 0 Å². The van der Waals surface area contributed by atoms with Crippen LogP contribution >= 0.6 is 0 Å². The Labute approximate surface area is 286 Å². The summed E-state index contributed by atoms with van der Waals surface area (Å²) >= 11 is 0. The Bertz CT molecular complexity index is 2760. The van der Waals surface area contributed by atoms with Gasteiger partial charge in [-0.1, -0.05) is 139 Å². The molecule has 0 aliphatic heterocycles. The molecule has 1 heterocycles. The van der Waals surface area contributed by atoms with Gasteiger partial charge >= 0.3 is 0 Å². The SMILES string of the molecule is [2H]c1c([2H])c(N(c2ccccc2)c2ccccc2-c2ccccc2)c([2H])c([2H])c1-c1ccc2c(c1)c1ccccc1n2-c1cccc2ccccc12. The Balaban J connectivity index is 1.26. The van der Waals surface area contributed by atoms with Gasteiger partial charge in [0.1, 0.15) is 0 Å². The fourth-order valence-corrected chi connectivity index (χ4v) is 6.85. The van der Waals surface area contributed by atoms with Crippen molar-refractivity contribution < 1.29 is 5.48 Å². The molecule has 0 aliphatic carbocycles. The maximum absolute atomic E-state index is 9.48. The second-order valence-corrected chi connectivity index (χ2v) is 11.9. The highest BCUT2D eigenvalue weighted by Gasteiger charge is 2.18. The first-order valence-electron chi connectivity index (χ1n) is 18.1. The first-order valence-corrected chi connectivity index (χ1v) is 16.1. The molecular weight excluding hydrogens is 581 g/mol. The minimum atomic E-state index is -0.110. The van der Waals surface area contributed by atoms with E-state index >= 15 is 0 Å². The van der Waals surface area contributed by atoms with Crippen molar-refractivity contribution in [2.24, 2.45) is 0 Å². The number of nitrogens with zero attached hydrogens (tertiary/aromatic N) is 2. The van der Waals surface area contributed by atoms with Crippen molar-refractivity contribution in [1.82, 2.24) is 4.57 Å². The van der Waals surface area contributed by atoms with Crippen LogP contribution in [0.15, 0.2) is 194 Å². The topological polar surface area (TPSA) is 8.17 Å². The van der Waals surface area contributed by atoms with Crippen molar-refractivity contribution in [3.63, 3.8) is 0 Å². The average Bonchev–Trinajstić information content (AvgIpc) is 3.53. The lowest BCUT2D eigenvalue weighted by Crippen LogP contribution is -2.11. The number of anilines is 3. The third kappa shape index (κ3) is 4.74. The average molecular weight is 617 g/mol. The highest BCUT2D eigenvalue weighted by Crippen LogP contribution is 2.42. The zero-order chi connectivity index (χ0) is 35.3. The molecule has 2 nitrogen and oxygen atoms in total. The zero-order valence-corrected chi connectivity index (χ0v) is 26.1. The molecule has 0 saturated carbocycles. The molecule has 226 valence electrons. The summed E-state index contributed by atoms with van der Waals surface area (Å²) in [6.45, 7) is 0. The molecule has 0 aliphatic rings. The fraction of sp³-hybridized carbons (Fsp3) is 0. The van der Waals surface area contributed by atoms with Crippen LogP contribution in [0, 0.1) is 0 Å². The largest absolute Gasteiger partial charge is 0.310 e. The third-order valence-electron chi connectivity index (χ3n) is 9.05. The zero-order valence-electron chi connectivity index (χ0n) is 30.1. The van der Waals surface area contributed by atoms with Gasteiger partial charge in [0.05, 0.1) is 27.9 Å². The number of rotatable bonds is 6. The molecule has 0 unspecified atom stereocenters. The molecule has 0 spiro atoms. The van der Waals surface area contributed by atoms with Crippen LogP contribution in [0.1, 0.15) is 5.48 Å². The number of hydrogen-bond donors (Lipinski definition) is 0. The molecule has 0 atom stereocenters. The maximum atomic E-state index is 9.48. The van der Waals surface area contributed by atoms with E-state index in [2.05, 4.69) is 59.2 Å². The van der Waals surface area contributed by atoms with Gasteiger partial charge in [0.2, 0.25) is 0 Å². The van der Waals surface area contributed by atoms with Crippen LogP contribution in [0.5, 0.6) is 0 Å². The molecule has 9 rings (SSSR count). The Morgan fingerprint density at radius 1 is 0.417 bits per heavy atom. The van der Waals surface area contributed by atoms with E-state index in [0.29, 0.717) is 5.56 Å². The maximum Gasteiger partial charge on any atom is 0.0645 e. The van der Waals surface area contributed by atoms with Crippen LogP contribution in [-0.4, -0.2) is 4.57 Å². The predicted octanol–water partition coefficient (Wildman–Crippen LogP) is 12.7.